The summed E-state index contributed by atoms with van der Waals surface area (Å²) in [5, 5.41) is 3.55. The number of primary amides is 1. The Kier molecular flexibility index (Phi) is 6.54. The van der Waals surface area contributed by atoms with Gasteiger partial charge in [0, 0.05) is 32.5 Å². The lowest BCUT2D eigenvalue weighted by atomic mass is 10.1. The molecule has 0 saturated carbocycles. The number of amides is 1. The molecule has 176 valence electrons. The monoisotopic (exact) mass is 502 g/mol. The topological polar surface area (TPSA) is 115 Å². The number of rotatable bonds is 6. The zero-order chi connectivity index (χ0) is 23.8. The van der Waals surface area contributed by atoms with Gasteiger partial charge < -0.3 is 15.6 Å². The van der Waals surface area contributed by atoms with Crippen molar-refractivity contribution >= 4 is 35.3 Å². The van der Waals surface area contributed by atoms with Crippen molar-refractivity contribution in [2.75, 3.05) is 18.4 Å². The van der Waals surface area contributed by atoms with Crippen molar-refractivity contribution in [1.29, 1.82) is 0 Å². The standard InChI is InChI=1S/C18H18F4N8OS2/c1-29-7-14(25-8-29)33-30-3-2-11(10(19)6-30)26-17-24-5-9(18(20,21)22)15(27-17)13-4-12(16(23)31)28-32-13/h4-5,7-8,10-11H,2-3,6H2,1H3,(H2,23,31)(H,24,26,27). The molecule has 1 aliphatic heterocycles. The van der Waals surface area contributed by atoms with Gasteiger partial charge in [-0.15, -0.1) is 0 Å². The van der Waals surface area contributed by atoms with Gasteiger partial charge in [0.05, 0.1) is 22.9 Å². The fourth-order valence-electron chi connectivity index (χ4n) is 3.21. The SMILES string of the molecule is Cn1cnc(SN2CCC(Nc3ncc(C(F)(F)F)c(-c4cc(C(N)=O)ns4)n3)C(F)C2)c1. The molecule has 0 aliphatic carbocycles. The van der Waals surface area contributed by atoms with E-state index in [2.05, 4.69) is 24.6 Å². The number of halogens is 4. The van der Waals surface area contributed by atoms with Crippen LogP contribution in [0.3, 0.4) is 0 Å². The van der Waals surface area contributed by atoms with Crippen molar-refractivity contribution in [3.8, 4) is 10.6 Å². The van der Waals surface area contributed by atoms with Crippen LogP contribution in [0.4, 0.5) is 23.5 Å². The Morgan fingerprint density at radius 2 is 2.15 bits per heavy atom. The molecule has 2 unspecified atom stereocenters. The van der Waals surface area contributed by atoms with Crippen molar-refractivity contribution in [2.45, 2.75) is 29.8 Å². The summed E-state index contributed by atoms with van der Waals surface area (Å²) in [6, 6.07) is 0.456. The summed E-state index contributed by atoms with van der Waals surface area (Å²) in [6.45, 7) is 0.632. The van der Waals surface area contributed by atoms with E-state index in [1.807, 2.05) is 17.5 Å². The van der Waals surface area contributed by atoms with Crippen LogP contribution in [0.25, 0.3) is 10.6 Å². The van der Waals surface area contributed by atoms with Gasteiger partial charge >= 0.3 is 6.18 Å². The maximum absolute atomic E-state index is 14.8. The summed E-state index contributed by atoms with van der Waals surface area (Å²) in [6.07, 6.45) is -1.56. The molecule has 1 amide bonds. The van der Waals surface area contributed by atoms with Crippen molar-refractivity contribution < 1.29 is 22.4 Å². The minimum Gasteiger partial charge on any atom is -0.364 e. The average molecular weight is 503 g/mol. The first-order chi connectivity index (χ1) is 15.6. The Labute approximate surface area is 193 Å². The molecule has 1 aliphatic rings. The van der Waals surface area contributed by atoms with Crippen LogP contribution in [0.2, 0.25) is 0 Å². The number of alkyl halides is 4. The van der Waals surface area contributed by atoms with E-state index >= 15 is 0 Å². The third-order valence-electron chi connectivity index (χ3n) is 4.81. The van der Waals surface area contributed by atoms with E-state index in [1.54, 1.807) is 10.9 Å². The molecule has 1 saturated heterocycles. The summed E-state index contributed by atoms with van der Waals surface area (Å²) < 4.78 is 62.7. The molecule has 0 bridgehead atoms. The predicted molar refractivity (Wildman–Crippen MR) is 114 cm³/mol. The molecular formula is C18H18F4N8OS2. The number of imidazole rings is 1. The summed E-state index contributed by atoms with van der Waals surface area (Å²) in [5.41, 5.74) is 3.43. The zero-order valence-corrected chi connectivity index (χ0v) is 18.7. The lowest BCUT2D eigenvalue weighted by Crippen LogP contribution is -2.45. The summed E-state index contributed by atoms with van der Waals surface area (Å²) in [5.74, 6) is -1.01. The van der Waals surface area contributed by atoms with Crippen molar-refractivity contribution in [1.82, 2.24) is 28.2 Å². The highest BCUT2D eigenvalue weighted by Gasteiger charge is 2.37. The van der Waals surface area contributed by atoms with E-state index in [-0.39, 0.29) is 23.1 Å². The van der Waals surface area contributed by atoms with Gasteiger partial charge in [-0.05, 0) is 36.0 Å². The van der Waals surface area contributed by atoms with Crippen molar-refractivity contribution in [3.05, 3.63) is 36.0 Å². The van der Waals surface area contributed by atoms with Crippen LogP contribution in [0.5, 0.6) is 0 Å². The number of hydrogen-bond acceptors (Lipinski definition) is 9. The van der Waals surface area contributed by atoms with Gasteiger partial charge in [0.2, 0.25) is 5.95 Å². The van der Waals surface area contributed by atoms with Crippen LogP contribution >= 0.6 is 23.5 Å². The third kappa shape index (κ3) is 5.42. The Hall–Kier alpha value is -2.78. The molecule has 3 aromatic heterocycles. The molecular weight excluding hydrogens is 484 g/mol. The first-order valence-electron chi connectivity index (χ1n) is 9.63. The number of aryl methyl sites for hydroxylation is 1. The van der Waals surface area contributed by atoms with Gasteiger partial charge in [-0.2, -0.15) is 17.5 Å². The average Bonchev–Trinajstić information content (AvgIpc) is 3.38. The Balaban J connectivity index is 1.50. The molecule has 4 rings (SSSR count). The molecule has 9 nitrogen and oxygen atoms in total. The quantitative estimate of drug-likeness (QED) is 0.391. The molecule has 1 fully saturated rings. The number of aromatic nitrogens is 5. The molecule has 0 aromatic carbocycles. The lowest BCUT2D eigenvalue weighted by molar-refractivity contribution is -0.137. The number of nitrogens with one attached hydrogen (secondary N) is 1. The largest absolute Gasteiger partial charge is 0.420 e. The zero-order valence-electron chi connectivity index (χ0n) is 17.1. The summed E-state index contributed by atoms with van der Waals surface area (Å²) >= 11 is 2.00. The van der Waals surface area contributed by atoms with E-state index in [0.29, 0.717) is 30.7 Å². The van der Waals surface area contributed by atoms with Gasteiger partial charge in [-0.25, -0.2) is 23.6 Å². The van der Waals surface area contributed by atoms with Crippen LogP contribution < -0.4 is 11.1 Å². The highest BCUT2D eigenvalue weighted by atomic mass is 32.2. The molecule has 0 spiro atoms. The summed E-state index contributed by atoms with van der Waals surface area (Å²) in [7, 11) is 1.84. The van der Waals surface area contributed by atoms with Crippen LogP contribution in [0.15, 0.2) is 29.8 Å². The van der Waals surface area contributed by atoms with Gasteiger partial charge in [-0.3, -0.25) is 4.79 Å². The second-order valence-corrected chi connectivity index (χ2v) is 9.23. The Bertz CT molecular complexity index is 1150. The van der Waals surface area contributed by atoms with Gasteiger partial charge in [-0.1, -0.05) is 0 Å². The smallest absolute Gasteiger partial charge is 0.364 e. The maximum atomic E-state index is 14.8. The first kappa shape index (κ1) is 23.4. The maximum Gasteiger partial charge on any atom is 0.420 e. The van der Waals surface area contributed by atoms with E-state index in [0.717, 1.165) is 11.1 Å². The number of carbonyl (C=O) groups is 1. The van der Waals surface area contributed by atoms with Crippen LogP contribution in [-0.2, 0) is 13.2 Å². The normalized spacial score (nSPS) is 19.5. The third-order valence-corrected chi connectivity index (χ3v) is 6.60. The molecule has 2 atom stereocenters. The van der Waals surface area contributed by atoms with Gasteiger partial charge in [0.1, 0.15) is 22.5 Å². The Morgan fingerprint density at radius 3 is 2.76 bits per heavy atom. The van der Waals surface area contributed by atoms with E-state index < -0.39 is 35.6 Å². The van der Waals surface area contributed by atoms with Gasteiger partial charge in [0.25, 0.3) is 5.91 Å². The van der Waals surface area contributed by atoms with E-state index in [1.165, 1.54) is 11.9 Å². The number of nitrogens with two attached hydrogens (primary N) is 1. The first-order valence-corrected chi connectivity index (χ1v) is 11.2. The van der Waals surface area contributed by atoms with Crippen molar-refractivity contribution in [3.63, 3.8) is 0 Å². The number of hydrogen-bond donors (Lipinski definition) is 2. The molecule has 3 N–H and O–H groups in total. The minimum atomic E-state index is -4.73. The van der Waals surface area contributed by atoms with Crippen LogP contribution in [0, 0.1) is 0 Å². The second-order valence-electron chi connectivity index (χ2n) is 7.31. The molecule has 3 aromatic rings. The lowest BCUT2D eigenvalue weighted by Gasteiger charge is -2.33. The Morgan fingerprint density at radius 1 is 1.36 bits per heavy atom. The molecule has 15 heteroatoms. The number of nitrogens with zero attached hydrogens (tertiary/aromatic N) is 6. The minimum absolute atomic E-state index is 0.0000427. The molecule has 4 heterocycles. The highest BCUT2D eigenvalue weighted by molar-refractivity contribution is 7.97. The second kappa shape index (κ2) is 9.23. The fourth-order valence-corrected chi connectivity index (χ4v) is 4.94. The molecule has 0 radical (unpaired) electrons. The highest BCUT2D eigenvalue weighted by Crippen LogP contribution is 2.38. The van der Waals surface area contributed by atoms with Crippen molar-refractivity contribution in [2.24, 2.45) is 12.8 Å². The van der Waals surface area contributed by atoms with E-state index in [9.17, 15) is 22.4 Å². The fraction of sp³-hybridized carbons (Fsp3) is 0.389. The van der Waals surface area contributed by atoms with E-state index in [4.69, 9.17) is 5.73 Å². The van der Waals surface area contributed by atoms with Crippen LogP contribution in [-0.4, -0.2) is 59.4 Å². The predicted octanol–water partition coefficient (Wildman–Crippen LogP) is 2.98. The van der Waals surface area contributed by atoms with Crippen LogP contribution in [0.1, 0.15) is 22.5 Å². The number of anilines is 1. The number of carbonyl (C=O) groups excluding carboxylic acids is 1. The summed E-state index contributed by atoms with van der Waals surface area (Å²) in [4.78, 5) is 23.2. The number of piperidine rings is 1. The molecule has 33 heavy (non-hydrogen) atoms. The van der Waals surface area contributed by atoms with Gasteiger partial charge in [0.15, 0.2) is 0 Å².